The molecule has 0 saturated heterocycles. The third-order valence-corrected chi connectivity index (χ3v) is 3.92. The number of nitrogens with two attached hydrogens (primary N) is 1. The van der Waals surface area contributed by atoms with Crippen LogP contribution >= 0.6 is 12.4 Å². The Kier molecular flexibility index (Phi) is 8.74. The van der Waals surface area contributed by atoms with Crippen LogP contribution in [0.15, 0.2) is 36.5 Å². The molecule has 0 radical (unpaired) electrons. The molecule has 0 aliphatic carbocycles. The summed E-state index contributed by atoms with van der Waals surface area (Å²) in [4.78, 5) is 28.5. The highest BCUT2D eigenvalue weighted by molar-refractivity contribution is 5.85. The minimum atomic E-state index is -0.533. The normalized spacial score (nSPS) is 10.2. The number of nitro groups is 1. The second-order valence-corrected chi connectivity index (χ2v) is 5.79. The minimum Gasteiger partial charge on any atom is -0.358 e. The highest BCUT2D eigenvalue weighted by atomic mass is 35.5. The summed E-state index contributed by atoms with van der Waals surface area (Å²) in [6.45, 7) is 3.69. The number of aryl methyl sites for hydroxylation is 2. The SMILES string of the molecule is Cc1nc([N+](=O)[O-])cn1CCC(=O)N(CCCN)Cc1ccccc1.Cl. The van der Waals surface area contributed by atoms with Crippen LogP contribution in [-0.4, -0.2) is 38.4 Å². The van der Waals surface area contributed by atoms with E-state index in [1.54, 1.807) is 16.4 Å². The summed E-state index contributed by atoms with van der Waals surface area (Å²) in [6, 6.07) is 9.77. The predicted molar refractivity (Wildman–Crippen MR) is 101 cm³/mol. The lowest BCUT2D eigenvalue weighted by atomic mass is 10.2. The van der Waals surface area contributed by atoms with Gasteiger partial charge in [0.2, 0.25) is 11.7 Å². The van der Waals surface area contributed by atoms with Gasteiger partial charge in [0, 0.05) is 33.0 Å². The number of hydrogen-bond acceptors (Lipinski definition) is 5. The first-order valence-corrected chi connectivity index (χ1v) is 8.21. The molecule has 1 aromatic carbocycles. The van der Waals surface area contributed by atoms with Crippen molar-refractivity contribution in [1.29, 1.82) is 0 Å². The zero-order valence-corrected chi connectivity index (χ0v) is 15.5. The number of nitrogens with zero attached hydrogens (tertiary/aromatic N) is 4. The Balaban J connectivity index is 0.00000338. The van der Waals surface area contributed by atoms with Gasteiger partial charge in [-0.05, 0) is 28.4 Å². The van der Waals surface area contributed by atoms with Crippen molar-refractivity contribution in [2.24, 2.45) is 5.73 Å². The summed E-state index contributed by atoms with van der Waals surface area (Å²) >= 11 is 0. The van der Waals surface area contributed by atoms with E-state index in [-0.39, 0.29) is 30.6 Å². The fraction of sp³-hybridized carbons (Fsp3) is 0.412. The Bertz CT molecular complexity index is 720. The molecule has 0 fully saturated rings. The van der Waals surface area contributed by atoms with Crippen molar-refractivity contribution in [2.75, 3.05) is 13.1 Å². The number of hydrogen-bond donors (Lipinski definition) is 1. The van der Waals surface area contributed by atoms with E-state index in [1.165, 1.54) is 6.20 Å². The molecule has 8 nitrogen and oxygen atoms in total. The average Bonchev–Trinajstić information content (AvgIpc) is 2.98. The topological polar surface area (TPSA) is 107 Å². The average molecular weight is 382 g/mol. The lowest BCUT2D eigenvalue weighted by molar-refractivity contribution is -0.389. The molecule has 26 heavy (non-hydrogen) atoms. The predicted octanol–water partition coefficient (Wildman–Crippen LogP) is 2.29. The van der Waals surface area contributed by atoms with E-state index in [1.807, 2.05) is 30.3 Å². The summed E-state index contributed by atoms with van der Waals surface area (Å²) in [5.41, 5.74) is 6.63. The highest BCUT2D eigenvalue weighted by Crippen LogP contribution is 2.12. The Labute approximate surface area is 158 Å². The summed E-state index contributed by atoms with van der Waals surface area (Å²) in [5.74, 6) is 0.318. The van der Waals surface area contributed by atoms with Gasteiger partial charge in [0.15, 0.2) is 0 Å². The van der Waals surface area contributed by atoms with Crippen LogP contribution in [0.5, 0.6) is 0 Å². The third-order valence-electron chi connectivity index (χ3n) is 3.92. The molecule has 0 atom stereocenters. The summed E-state index contributed by atoms with van der Waals surface area (Å²) in [6.07, 6.45) is 2.35. The van der Waals surface area contributed by atoms with Crippen molar-refractivity contribution >= 4 is 24.1 Å². The largest absolute Gasteiger partial charge is 0.381 e. The highest BCUT2D eigenvalue weighted by Gasteiger charge is 2.18. The Morgan fingerprint density at radius 1 is 1.35 bits per heavy atom. The zero-order valence-electron chi connectivity index (χ0n) is 14.7. The van der Waals surface area contributed by atoms with E-state index in [0.29, 0.717) is 32.0 Å². The van der Waals surface area contributed by atoms with Gasteiger partial charge in [-0.2, -0.15) is 0 Å². The van der Waals surface area contributed by atoms with Gasteiger partial charge < -0.3 is 25.3 Å². The monoisotopic (exact) mass is 381 g/mol. The molecule has 0 saturated carbocycles. The Hall–Kier alpha value is -2.45. The Morgan fingerprint density at radius 3 is 2.62 bits per heavy atom. The number of aromatic nitrogens is 2. The van der Waals surface area contributed by atoms with Gasteiger partial charge in [-0.3, -0.25) is 4.79 Å². The molecule has 0 spiro atoms. The van der Waals surface area contributed by atoms with Gasteiger partial charge in [-0.1, -0.05) is 30.3 Å². The van der Waals surface area contributed by atoms with E-state index in [0.717, 1.165) is 12.0 Å². The van der Waals surface area contributed by atoms with Crippen LogP contribution < -0.4 is 5.73 Å². The molecule has 0 aliphatic heterocycles. The number of imidazole rings is 1. The van der Waals surface area contributed by atoms with Crippen molar-refractivity contribution in [2.45, 2.75) is 32.9 Å². The molecule has 2 aromatic rings. The second kappa shape index (κ2) is 10.5. The van der Waals surface area contributed by atoms with E-state index in [2.05, 4.69) is 4.98 Å². The molecule has 0 aliphatic rings. The molecule has 142 valence electrons. The van der Waals surface area contributed by atoms with Crippen molar-refractivity contribution in [3.8, 4) is 0 Å². The van der Waals surface area contributed by atoms with Crippen molar-refractivity contribution < 1.29 is 9.72 Å². The van der Waals surface area contributed by atoms with Crippen LogP contribution in [0.3, 0.4) is 0 Å². The third kappa shape index (κ3) is 6.12. The van der Waals surface area contributed by atoms with Crippen LogP contribution in [0, 0.1) is 17.0 Å². The number of carbonyl (C=O) groups excluding carboxylic acids is 1. The molecule has 1 heterocycles. The van der Waals surface area contributed by atoms with Crippen LogP contribution in [0.4, 0.5) is 5.82 Å². The van der Waals surface area contributed by atoms with Gasteiger partial charge in [-0.15, -0.1) is 12.4 Å². The maximum atomic E-state index is 12.6. The van der Waals surface area contributed by atoms with Gasteiger partial charge in [0.25, 0.3) is 0 Å². The number of carbonyl (C=O) groups is 1. The maximum Gasteiger partial charge on any atom is 0.381 e. The molecular formula is C17H24ClN5O3. The fourth-order valence-electron chi connectivity index (χ4n) is 2.56. The van der Waals surface area contributed by atoms with Gasteiger partial charge in [-0.25, -0.2) is 0 Å². The lowest BCUT2D eigenvalue weighted by Crippen LogP contribution is -2.33. The van der Waals surface area contributed by atoms with E-state index < -0.39 is 4.92 Å². The van der Waals surface area contributed by atoms with Crippen molar-refractivity contribution in [3.05, 3.63) is 58.0 Å². The van der Waals surface area contributed by atoms with E-state index in [9.17, 15) is 14.9 Å². The lowest BCUT2D eigenvalue weighted by Gasteiger charge is -2.23. The number of rotatable bonds is 9. The van der Waals surface area contributed by atoms with Crippen LogP contribution in [0.25, 0.3) is 0 Å². The standard InChI is InChI=1S/C17H23N5O3.ClH/c1-14-19-16(22(24)25)13-20(14)11-8-17(23)21(10-5-9-18)12-15-6-3-2-4-7-15;/h2-4,6-7,13H,5,8-12,18H2,1H3;1H. The van der Waals surface area contributed by atoms with Gasteiger partial charge in [0.1, 0.15) is 6.20 Å². The minimum absolute atomic E-state index is 0. The second-order valence-electron chi connectivity index (χ2n) is 5.79. The van der Waals surface area contributed by atoms with E-state index in [4.69, 9.17) is 5.73 Å². The van der Waals surface area contributed by atoms with Crippen molar-refractivity contribution in [1.82, 2.24) is 14.5 Å². The summed E-state index contributed by atoms with van der Waals surface area (Å²) < 4.78 is 1.64. The number of amides is 1. The van der Waals surface area contributed by atoms with Crippen molar-refractivity contribution in [3.63, 3.8) is 0 Å². The first-order valence-electron chi connectivity index (χ1n) is 8.21. The maximum absolute atomic E-state index is 12.6. The van der Waals surface area contributed by atoms with Crippen LogP contribution in [0.2, 0.25) is 0 Å². The van der Waals surface area contributed by atoms with Gasteiger partial charge >= 0.3 is 5.82 Å². The number of halogens is 1. The Morgan fingerprint density at radius 2 is 2.04 bits per heavy atom. The smallest absolute Gasteiger partial charge is 0.358 e. The summed E-state index contributed by atoms with van der Waals surface area (Å²) in [5, 5.41) is 10.8. The van der Waals surface area contributed by atoms with Crippen LogP contribution in [-0.2, 0) is 17.9 Å². The molecule has 2 rings (SSSR count). The fourth-order valence-corrected chi connectivity index (χ4v) is 2.56. The number of benzene rings is 1. The van der Waals surface area contributed by atoms with Crippen LogP contribution in [0.1, 0.15) is 24.2 Å². The summed E-state index contributed by atoms with van der Waals surface area (Å²) in [7, 11) is 0. The molecule has 0 unspecified atom stereocenters. The molecule has 0 bridgehead atoms. The quantitative estimate of drug-likeness (QED) is 0.529. The van der Waals surface area contributed by atoms with E-state index >= 15 is 0 Å². The molecule has 9 heteroatoms. The molecule has 1 amide bonds. The zero-order chi connectivity index (χ0) is 18.2. The van der Waals surface area contributed by atoms with Gasteiger partial charge in [0.05, 0.1) is 0 Å². The first-order chi connectivity index (χ1) is 12.0. The molecule has 2 N–H and O–H groups in total. The molecular weight excluding hydrogens is 358 g/mol. The molecule has 1 aromatic heterocycles. The first kappa shape index (κ1) is 21.6.